The molecule has 0 radical (unpaired) electrons. The minimum absolute atomic E-state index is 0.112. The van der Waals surface area contributed by atoms with Crippen molar-refractivity contribution >= 4 is 29.5 Å². The second-order valence-corrected chi connectivity index (χ2v) is 5.99. The number of aliphatic imine (C=N–C) groups is 1. The smallest absolute Gasteiger partial charge is 0.363 e. The lowest BCUT2D eigenvalue weighted by Crippen LogP contribution is -2.05. The molecule has 2 aromatic carbocycles. The van der Waals surface area contributed by atoms with Crippen LogP contribution in [0, 0.1) is 5.82 Å². The molecule has 0 bridgehead atoms. The van der Waals surface area contributed by atoms with Crippen molar-refractivity contribution in [3.05, 3.63) is 88.5 Å². The van der Waals surface area contributed by atoms with Crippen LogP contribution in [0.25, 0.3) is 17.4 Å². The molecule has 4 rings (SSSR count). The van der Waals surface area contributed by atoms with E-state index in [4.69, 9.17) is 20.8 Å². The Kier molecular flexibility index (Phi) is 4.14. The predicted octanol–water partition coefficient (Wildman–Crippen LogP) is 5.08. The van der Waals surface area contributed by atoms with Gasteiger partial charge in [-0.15, -0.1) is 0 Å². The first-order chi connectivity index (χ1) is 12.6. The van der Waals surface area contributed by atoms with Gasteiger partial charge >= 0.3 is 5.97 Å². The van der Waals surface area contributed by atoms with Crippen molar-refractivity contribution in [2.75, 3.05) is 0 Å². The third kappa shape index (κ3) is 3.30. The van der Waals surface area contributed by atoms with Crippen molar-refractivity contribution in [3.63, 3.8) is 0 Å². The summed E-state index contributed by atoms with van der Waals surface area (Å²) in [5, 5.41) is 0.638. The van der Waals surface area contributed by atoms with E-state index in [0.717, 1.165) is 5.56 Å². The minimum Gasteiger partial charge on any atom is -0.457 e. The summed E-state index contributed by atoms with van der Waals surface area (Å²) in [5.74, 6) is 0.271. The Labute approximate surface area is 153 Å². The topological polar surface area (TPSA) is 51.8 Å². The van der Waals surface area contributed by atoms with E-state index in [-0.39, 0.29) is 17.4 Å². The molecule has 0 amide bonds. The van der Waals surface area contributed by atoms with E-state index in [1.54, 1.807) is 24.3 Å². The molecule has 0 fully saturated rings. The molecule has 0 N–H and O–H groups in total. The van der Waals surface area contributed by atoms with Crippen LogP contribution in [0.5, 0.6) is 0 Å². The third-order valence-electron chi connectivity index (χ3n) is 3.75. The number of cyclic esters (lactones) is 1. The van der Waals surface area contributed by atoms with Gasteiger partial charge in [-0.2, -0.15) is 0 Å². The maximum Gasteiger partial charge on any atom is 0.363 e. The van der Waals surface area contributed by atoms with Crippen molar-refractivity contribution < 1.29 is 18.3 Å². The average Bonchev–Trinajstić information content (AvgIpc) is 3.24. The number of carbonyl (C=O) groups is 1. The summed E-state index contributed by atoms with van der Waals surface area (Å²) in [4.78, 5) is 16.2. The fourth-order valence-corrected chi connectivity index (χ4v) is 2.59. The summed E-state index contributed by atoms with van der Waals surface area (Å²) < 4.78 is 23.9. The number of rotatable bonds is 3. The summed E-state index contributed by atoms with van der Waals surface area (Å²) in [5.41, 5.74) is 1.49. The van der Waals surface area contributed by atoms with Crippen LogP contribution in [0.4, 0.5) is 4.39 Å². The lowest BCUT2D eigenvalue weighted by Gasteiger charge is -1.98. The van der Waals surface area contributed by atoms with Gasteiger partial charge in [0.1, 0.15) is 17.3 Å². The van der Waals surface area contributed by atoms with Crippen LogP contribution >= 0.6 is 11.6 Å². The molecule has 0 spiro atoms. The summed E-state index contributed by atoms with van der Waals surface area (Å²) in [6.07, 6.45) is 1.50. The van der Waals surface area contributed by atoms with E-state index in [2.05, 4.69) is 4.99 Å². The number of ether oxygens (including phenoxy) is 1. The fourth-order valence-electron chi connectivity index (χ4n) is 2.46. The Morgan fingerprint density at radius 3 is 2.35 bits per heavy atom. The molecule has 0 atom stereocenters. The average molecular weight is 368 g/mol. The van der Waals surface area contributed by atoms with Crippen LogP contribution in [0.2, 0.25) is 5.02 Å². The first-order valence-electron chi connectivity index (χ1n) is 7.73. The van der Waals surface area contributed by atoms with Gasteiger partial charge in [-0.3, -0.25) is 0 Å². The maximum atomic E-state index is 13.0. The third-order valence-corrected chi connectivity index (χ3v) is 4.00. The lowest BCUT2D eigenvalue weighted by molar-refractivity contribution is -0.129. The van der Waals surface area contributed by atoms with Crippen molar-refractivity contribution in [1.82, 2.24) is 0 Å². The quantitative estimate of drug-likeness (QED) is 0.479. The zero-order valence-electron chi connectivity index (χ0n) is 13.3. The highest BCUT2D eigenvalue weighted by Crippen LogP contribution is 2.26. The van der Waals surface area contributed by atoms with Gasteiger partial charge in [0.15, 0.2) is 5.70 Å². The zero-order chi connectivity index (χ0) is 18.1. The first-order valence-corrected chi connectivity index (χ1v) is 8.10. The maximum absolute atomic E-state index is 13.0. The SMILES string of the molecule is O=C1OC(c2ccc(F)cc2)=N/C1=C\c1ccc(-c2ccc(Cl)cc2)o1. The van der Waals surface area contributed by atoms with Gasteiger partial charge in [-0.25, -0.2) is 14.2 Å². The van der Waals surface area contributed by atoms with Crippen LogP contribution in [0.1, 0.15) is 11.3 Å². The molecule has 4 nitrogen and oxygen atoms in total. The summed E-state index contributed by atoms with van der Waals surface area (Å²) in [7, 11) is 0. The number of hydrogen-bond donors (Lipinski definition) is 0. The largest absolute Gasteiger partial charge is 0.457 e. The number of carbonyl (C=O) groups excluding carboxylic acids is 1. The molecule has 26 heavy (non-hydrogen) atoms. The Morgan fingerprint density at radius 1 is 0.923 bits per heavy atom. The number of nitrogens with zero attached hydrogens (tertiary/aromatic N) is 1. The summed E-state index contributed by atoms with van der Waals surface area (Å²) in [6.45, 7) is 0. The molecule has 0 saturated carbocycles. The Balaban J connectivity index is 1.61. The predicted molar refractivity (Wildman–Crippen MR) is 96.2 cm³/mol. The van der Waals surface area contributed by atoms with E-state index in [0.29, 0.717) is 22.1 Å². The number of benzene rings is 2. The molecule has 3 aromatic rings. The van der Waals surface area contributed by atoms with Crippen molar-refractivity contribution in [2.24, 2.45) is 4.99 Å². The van der Waals surface area contributed by atoms with Crippen molar-refractivity contribution in [2.45, 2.75) is 0 Å². The molecule has 0 aliphatic carbocycles. The van der Waals surface area contributed by atoms with Gasteiger partial charge in [0.25, 0.3) is 0 Å². The van der Waals surface area contributed by atoms with Crippen LogP contribution in [0.3, 0.4) is 0 Å². The van der Waals surface area contributed by atoms with Crippen LogP contribution < -0.4 is 0 Å². The second-order valence-electron chi connectivity index (χ2n) is 5.55. The highest BCUT2D eigenvalue weighted by Gasteiger charge is 2.24. The van der Waals surface area contributed by atoms with Gasteiger partial charge in [0.2, 0.25) is 5.90 Å². The molecule has 1 aliphatic rings. The van der Waals surface area contributed by atoms with Gasteiger partial charge in [0, 0.05) is 22.2 Å². The standard InChI is InChI=1S/C20H11ClFNO3/c21-14-5-1-12(2-6-14)18-10-9-16(25-18)11-17-20(24)26-19(23-17)13-3-7-15(22)8-4-13/h1-11H/b17-11-. The summed E-state index contributed by atoms with van der Waals surface area (Å²) >= 11 is 5.88. The Bertz CT molecular complexity index is 1030. The number of halogens is 2. The summed E-state index contributed by atoms with van der Waals surface area (Å²) in [6, 6.07) is 16.3. The van der Waals surface area contributed by atoms with Crippen LogP contribution in [0.15, 0.2) is 75.8 Å². The van der Waals surface area contributed by atoms with E-state index in [9.17, 15) is 9.18 Å². The Hall–Kier alpha value is -3.18. The fraction of sp³-hybridized carbons (Fsp3) is 0. The van der Waals surface area contributed by atoms with Crippen LogP contribution in [-0.4, -0.2) is 11.9 Å². The molecule has 1 aromatic heterocycles. The van der Waals surface area contributed by atoms with E-state index in [1.807, 2.05) is 12.1 Å². The molecule has 6 heteroatoms. The van der Waals surface area contributed by atoms with Crippen LogP contribution in [-0.2, 0) is 9.53 Å². The monoisotopic (exact) mass is 367 g/mol. The first kappa shape index (κ1) is 16.3. The molecule has 0 unspecified atom stereocenters. The lowest BCUT2D eigenvalue weighted by atomic mass is 10.2. The number of furan rings is 1. The molecular formula is C20H11ClFNO3. The van der Waals surface area contributed by atoms with Gasteiger partial charge in [-0.05, 0) is 60.7 Å². The number of hydrogen-bond acceptors (Lipinski definition) is 4. The normalized spacial score (nSPS) is 15.2. The van der Waals surface area contributed by atoms with E-state index < -0.39 is 5.97 Å². The Morgan fingerprint density at radius 2 is 1.62 bits per heavy atom. The van der Waals surface area contributed by atoms with E-state index >= 15 is 0 Å². The molecule has 1 aliphatic heterocycles. The van der Waals surface area contributed by atoms with Crippen molar-refractivity contribution in [1.29, 1.82) is 0 Å². The van der Waals surface area contributed by atoms with E-state index in [1.165, 1.54) is 30.3 Å². The molecular weight excluding hydrogens is 357 g/mol. The van der Waals surface area contributed by atoms with Gasteiger partial charge in [-0.1, -0.05) is 11.6 Å². The van der Waals surface area contributed by atoms with Crippen molar-refractivity contribution in [3.8, 4) is 11.3 Å². The second kappa shape index (κ2) is 6.61. The highest BCUT2D eigenvalue weighted by atomic mass is 35.5. The van der Waals surface area contributed by atoms with Gasteiger partial charge < -0.3 is 9.15 Å². The highest BCUT2D eigenvalue weighted by molar-refractivity contribution is 6.30. The zero-order valence-corrected chi connectivity index (χ0v) is 14.0. The van der Waals surface area contributed by atoms with Gasteiger partial charge in [0.05, 0.1) is 0 Å². The molecule has 0 saturated heterocycles. The molecule has 2 heterocycles. The minimum atomic E-state index is -0.589. The molecule has 128 valence electrons. The number of esters is 1.